The van der Waals surface area contributed by atoms with E-state index in [-0.39, 0.29) is 152 Å². The number of unbranched alkanes of at least 4 members (excludes halogenated alkanes) is 1. The summed E-state index contributed by atoms with van der Waals surface area (Å²) in [7, 11) is 1.48. The third-order valence-corrected chi connectivity index (χ3v) is 17.3. The number of phenolic OH excluding ortho intramolecular Hbond substituents is 1. The maximum Gasteiger partial charge on any atom is 0.415 e. The van der Waals surface area contributed by atoms with Gasteiger partial charge in [0.25, 0.3) is 23.6 Å². The zero-order chi connectivity index (χ0) is 75.0. The van der Waals surface area contributed by atoms with Gasteiger partial charge in [-0.2, -0.15) is 0 Å². The van der Waals surface area contributed by atoms with Gasteiger partial charge in [-0.05, 0) is 116 Å². The summed E-state index contributed by atoms with van der Waals surface area (Å²) in [6.45, 7) is 6.25. The number of aryl methyl sites for hydroxylation is 1. The highest BCUT2D eigenvalue weighted by Gasteiger charge is 2.37. The number of hydrogen-bond acceptors (Lipinski definition) is 20. The molecule has 0 fully saturated rings. The number of alkyl carbamates (subject to hydrolysis) is 1. The highest BCUT2D eigenvalue weighted by atomic mass is 35.5. The van der Waals surface area contributed by atoms with E-state index in [4.69, 9.17) is 51.5 Å². The highest BCUT2D eigenvalue weighted by molar-refractivity contribution is 6.20. The Morgan fingerprint density at radius 1 is 0.769 bits per heavy atom. The number of halogens is 1. The molecule has 8 rings (SSSR count). The molecular weight excluding hydrogens is 1370 g/mol. The Hall–Kier alpha value is -10.9. The van der Waals surface area contributed by atoms with E-state index in [0.717, 1.165) is 21.4 Å². The number of urea groups is 1. The number of alkyl halides is 1. The Bertz CT molecular complexity index is 4080. The van der Waals surface area contributed by atoms with Crippen LogP contribution in [0.25, 0.3) is 21.8 Å². The number of benzene rings is 4. The lowest BCUT2D eigenvalue weighted by atomic mass is 9.92. The van der Waals surface area contributed by atoms with Crippen LogP contribution >= 0.6 is 11.6 Å². The van der Waals surface area contributed by atoms with Gasteiger partial charge >= 0.3 is 30.3 Å². The van der Waals surface area contributed by atoms with Crippen molar-refractivity contribution in [1.29, 1.82) is 0 Å². The molecule has 12 N–H and O–H groups in total. The van der Waals surface area contributed by atoms with E-state index in [9.17, 15) is 63.0 Å². The molecule has 0 saturated carbocycles. The standard InChI is InChI=1S/C71H86ClN13O19/c1-42(2)61(81-69(96)102-34-33-101-32-31-100-30-29-99-28-27-84-57(87)21-22-58(84)88)65(91)80-53(12-8-23-75-68(74)95)64(90)77-48-17-13-44(14-18-48)41-103-70(97)82(4)25-26-83(24-6-5-11-52(73)67(93)94)71(98)104-56-37-55-60(59-43(3)9-7-10-51(56)59)47(38-72)40-85(55)66(92)54-36-46-35-49(39-76-62(46)79-54)78-63(89)45-15-19-50(86)20-16-45/h7,9-10,13-22,35-37,39,42,47,52-53,61,86H,5-6,8,11-12,23-34,38,40-41,73H2,1-4H3,(H,76,79)(H,77,90)(H,78,89)(H,80,91)(H,81,96)(H,93,94)(H3,74,75,95)/t47-,52+,53+,61+/m1/s1. The van der Waals surface area contributed by atoms with Crippen LogP contribution in [0.15, 0.2) is 103 Å². The second-order valence-electron chi connectivity index (χ2n) is 24.9. The number of nitrogens with two attached hydrogens (primary N) is 2. The van der Waals surface area contributed by atoms with Crippen molar-refractivity contribution in [1.82, 2.24) is 40.6 Å². The fourth-order valence-corrected chi connectivity index (χ4v) is 11.6. The van der Waals surface area contributed by atoms with Crippen molar-refractivity contribution in [2.75, 3.05) is 114 Å². The molecule has 0 unspecified atom stereocenters. The fraction of sp³-hybridized carbons (Fsp3) is 0.408. The number of amides is 11. The van der Waals surface area contributed by atoms with Crippen LogP contribution in [-0.2, 0) is 54.3 Å². The number of rotatable bonds is 38. The molecule has 0 bridgehead atoms. The molecule has 0 spiro atoms. The SMILES string of the molecule is Cc1cccc2c(OC(=O)N(CCCC[C@H](N)C(=O)O)CCN(C)C(=O)OCc3ccc(NC(=O)[C@H](CCCNC(N)=O)NC(=O)[C@@H](NC(=O)OCCOCCOCCOCCN4C(=O)C=CC4=O)C(C)C)cc3)cc3c(c12)[C@H](CCl)CN3C(=O)c1cc2cc(NC(=O)c3ccc(O)cc3)cnc2[nH]1. The molecule has 33 heteroatoms. The van der Waals surface area contributed by atoms with Crippen molar-refractivity contribution >= 4 is 116 Å². The van der Waals surface area contributed by atoms with Crippen molar-refractivity contribution < 1.29 is 91.4 Å². The first kappa shape index (κ1) is 78.8. The number of H-pyrrole nitrogens is 1. The Morgan fingerprint density at radius 2 is 1.46 bits per heavy atom. The number of aromatic hydroxyl groups is 1. The first-order chi connectivity index (χ1) is 49.9. The van der Waals surface area contributed by atoms with Crippen LogP contribution in [0.3, 0.4) is 0 Å². The van der Waals surface area contributed by atoms with Gasteiger partial charge in [-0.25, -0.2) is 24.2 Å². The zero-order valence-electron chi connectivity index (χ0n) is 57.9. The van der Waals surface area contributed by atoms with E-state index < -0.39 is 78.0 Å². The van der Waals surface area contributed by atoms with Gasteiger partial charge < -0.3 is 96.4 Å². The van der Waals surface area contributed by atoms with E-state index in [1.54, 1.807) is 67.3 Å². The molecule has 556 valence electrons. The molecular formula is C71H86ClN13O19. The number of anilines is 3. The molecule has 0 aliphatic carbocycles. The number of primary amides is 1. The first-order valence-electron chi connectivity index (χ1n) is 33.7. The average molecular weight is 1460 g/mol. The quantitative estimate of drug-likeness (QED) is 0.0117. The van der Waals surface area contributed by atoms with Crippen LogP contribution in [0, 0.1) is 12.8 Å². The number of aromatic amines is 1. The molecule has 0 saturated heterocycles. The largest absolute Gasteiger partial charge is 0.508 e. The minimum Gasteiger partial charge on any atom is -0.508 e. The lowest BCUT2D eigenvalue weighted by Gasteiger charge is -2.26. The number of phenols is 1. The topological polar surface area (TPSA) is 437 Å². The van der Waals surface area contributed by atoms with E-state index in [0.29, 0.717) is 57.5 Å². The number of fused-ring (bicyclic) bond motifs is 4. The number of pyridine rings is 1. The van der Waals surface area contributed by atoms with Crippen LogP contribution in [0.5, 0.6) is 11.5 Å². The molecule has 0 radical (unpaired) electrons. The number of aromatic nitrogens is 2. The van der Waals surface area contributed by atoms with Crippen LogP contribution in [-0.4, -0.2) is 217 Å². The normalized spacial score (nSPS) is 14.0. The van der Waals surface area contributed by atoms with Crippen molar-refractivity contribution in [2.24, 2.45) is 17.4 Å². The number of hydrogen-bond donors (Lipinski definition) is 10. The second kappa shape index (κ2) is 38.4. The Morgan fingerprint density at radius 3 is 2.13 bits per heavy atom. The Labute approximate surface area is 603 Å². The van der Waals surface area contributed by atoms with Gasteiger partial charge in [-0.3, -0.25) is 38.5 Å². The van der Waals surface area contributed by atoms with Gasteiger partial charge in [0.1, 0.15) is 54.2 Å². The van der Waals surface area contributed by atoms with Gasteiger partial charge in [0.2, 0.25) is 11.8 Å². The Balaban J connectivity index is 0.844. The van der Waals surface area contributed by atoms with Crippen molar-refractivity contribution in [3.05, 3.63) is 131 Å². The number of nitrogens with zero attached hydrogens (tertiary/aromatic N) is 5. The molecule has 4 heterocycles. The number of ether oxygens (including phenoxy) is 6. The van der Waals surface area contributed by atoms with E-state index in [2.05, 4.69) is 36.6 Å². The van der Waals surface area contributed by atoms with Crippen LogP contribution in [0.2, 0.25) is 0 Å². The van der Waals surface area contributed by atoms with Gasteiger partial charge in [0.15, 0.2) is 0 Å². The van der Waals surface area contributed by atoms with Gasteiger partial charge in [0.05, 0.1) is 63.8 Å². The number of carboxylic acid groups (broad SMARTS) is 1. The fourth-order valence-electron chi connectivity index (χ4n) is 11.3. The molecule has 4 atom stereocenters. The smallest absolute Gasteiger partial charge is 0.415 e. The molecule has 2 aliphatic rings. The minimum absolute atomic E-state index is 0.00869. The molecule has 104 heavy (non-hydrogen) atoms. The number of carboxylic acids is 1. The highest BCUT2D eigenvalue weighted by Crippen LogP contribution is 2.47. The van der Waals surface area contributed by atoms with Crippen molar-refractivity contribution in [3.63, 3.8) is 0 Å². The number of imide groups is 1. The molecule has 2 aliphatic heterocycles. The summed E-state index contributed by atoms with van der Waals surface area (Å²) in [6, 6.07) is 18.3. The second-order valence-corrected chi connectivity index (χ2v) is 25.2. The van der Waals surface area contributed by atoms with Gasteiger partial charge in [-0.15, -0.1) is 11.6 Å². The van der Waals surface area contributed by atoms with Crippen molar-refractivity contribution in [3.8, 4) is 11.5 Å². The third-order valence-electron chi connectivity index (χ3n) is 16.9. The zero-order valence-corrected chi connectivity index (χ0v) is 58.7. The minimum atomic E-state index is -1.17. The molecule has 11 amide bonds. The Kier molecular flexibility index (Phi) is 29.1. The summed E-state index contributed by atoms with van der Waals surface area (Å²) in [6.07, 6.45) is 2.38. The summed E-state index contributed by atoms with van der Waals surface area (Å²) in [4.78, 5) is 155. The summed E-state index contributed by atoms with van der Waals surface area (Å²) in [5.41, 5.74) is 15.2. The lowest BCUT2D eigenvalue weighted by molar-refractivity contribution is -0.139. The average Bonchev–Trinajstić information content (AvgIpc) is 1.55. The van der Waals surface area contributed by atoms with Gasteiger partial charge in [-0.1, -0.05) is 44.2 Å². The summed E-state index contributed by atoms with van der Waals surface area (Å²) in [5.74, 6) is -4.66. The summed E-state index contributed by atoms with van der Waals surface area (Å²) < 4.78 is 33.5. The van der Waals surface area contributed by atoms with Crippen LogP contribution < -0.4 is 47.7 Å². The maximum atomic E-state index is 14.7. The number of likely N-dealkylation sites (N-methyl/N-ethyl adjacent to an activating group) is 1. The van der Waals surface area contributed by atoms with E-state index in [1.165, 1.54) is 59.5 Å². The van der Waals surface area contributed by atoms with Crippen LogP contribution in [0.1, 0.15) is 89.4 Å². The number of aliphatic carboxylic acids is 1. The molecule has 6 aromatic rings. The van der Waals surface area contributed by atoms with E-state index in [1.807, 2.05) is 19.1 Å². The third kappa shape index (κ3) is 22.3. The molecule has 32 nitrogen and oxygen atoms in total. The molecule has 4 aromatic carbocycles. The predicted molar refractivity (Wildman–Crippen MR) is 381 cm³/mol. The predicted octanol–water partition coefficient (Wildman–Crippen LogP) is 6.21. The van der Waals surface area contributed by atoms with Crippen molar-refractivity contribution in [2.45, 2.75) is 83.5 Å². The molecule has 2 aromatic heterocycles. The first-order valence-corrected chi connectivity index (χ1v) is 34.2. The lowest BCUT2D eigenvalue weighted by Crippen LogP contribution is -2.54. The number of carbonyl (C=O) groups is 11. The summed E-state index contributed by atoms with van der Waals surface area (Å²) >= 11 is 6.67. The maximum absolute atomic E-state index is 14.7. The summed E-state index contributed by atoms with van der Waals surface area (Å²) in [5, 5.41) is 34.2. The van der Waals surface area contributed by atoms with Gasteiger partial charge in [0, 0.05) is 91.8 Å². The number of nitrogens with one attached hydrogen (secondary N) is 6. The number of carbonyl (C=O) groups excluding carboxylic acids is 10. The monoisotopic (exact) mass is 1460 g/mol. The van der Waals surface area contributed by atoms with E-state index >= 15 is 0 Å². The van der Waals surface area contributed by atoms with Crippen LogP contribution in [0.4, 0.5) is 36.2 Å².